The number of anilines is 1. The fourth-order valence-corrected chi connectivity index (χ4v) is 2.97. The number of hydrogen-bond donors (Lipinski definition) is 2. The van der Waals surface area contributed by atoms with Crippen LogP contribution in [0.25, 0.3) is 5.65 Å². The minimum absolute atomic E-state index is 0.198. The van der Waals surface area contributed by atoms with E-state index in [1.807, 2.05) is 24.3 Å². The van der Waals surface area contributed by atoms with E-state index in [-0.39, 0.29) is 11.9 Å². The number of aliphatic hydroxyl groups is 1. The van der Waals surface area contributed by atoms with Gasteiger partial charge in [-0.25, -0.2) is 4.98 Å². The monoisotopic (exact) mass is 311 g/mol. The van der Waals surface area contributed by atoms with Crippen molar-refractivity contribution in [1.29, 1.82) is 0 Å². The van der Waals surface area contributed by atoms with Gasteiger partial charge in [-0.15, -0.1) is 0 Å². The summed E-state index contributed by atoms with van der Waals surface area (Å²) in [5, 5.41) is 28.6. The molecule has 0 aliphatic heterocycles. The molecule has 3 aromatic rings. The number of aromatic nitrogens is 3. The summed E-state index contributed by atoms with van der Waals surface area (Å²) in [4.78, 5) is 14.4. The standard InChI is InChI=1S/C15H13N5O3/c21-11-7-9-3-1-2-4-10(9)15(11)17-12-5-6-13-16-8-14(20(22)23)19(13)18-12/h1-6,8,11,15,21H,7H2,(H,17,18)/t11-,15+/m1/s1. The maximum atomic E-state index is 11.0. The van der Waals surface area contributed by atoms with Gasteiger partial charge in [-0.2, -0.15) is 0 Å². The van der Waals surface area contributed by atoms with Gasteiger partial charge in [0.15, 0.2) is 5.82 Å². The number of nitrogens with zero attached hydrogens (tertiary/aromatic N) is 4. The molecule has 2 atom stereocenters. The van der Waals surface area contributed by atoms with E-state index in [9.17, 15) is 15.2 Å². The Kier molecular flexibility index (Phi) is 2.98. The van der Waals surface area contributed by atoms with Crippen molar-refractivity contribution in [2.75, 3.05) is 5.32 Å². The van der Waals surface area contributed by atoms with Crippen LogP contribution >= 0.6 is 0 Å². The van der Waals surface area contributed by atoms with Crippen LogP contribution in [0.15, 0.2) is 42.6 Å². The zero-order valence-corrected chi connectivity index (χ0v) is 12.0. The van der Waals surface area contributed by atoms with Gasteiger partial charge >= 0.3 is 5.82 Å². The average molecular weight is 311 g/mol. The lowest BCUT2D eigenvalue weighted by molar-refractivity contribution is -0.391. The van der Waals surface area contributed by atoms with Crippen LogP contribution in [0.5, 0.6) is 0 Å². The predicted octanol–water partition coefficient (Wildman–Crippen LogP) is 1.71. The van der Waals surface area contributed by atoms with E-state index in [0.29, 0.717) is 17.9 Å². The Morgan fingerprint density at radius 2 is 2.13 bits per heavy atom. The molecule has 1 aromatic carbocycles. The summed E-state index contributed by atoms with van der Waals surface area (Å²) < 4.78 is 1.18. The highest BCUT2D eigenvalue weighted by atomic mass is 16.6. The number of aliphatic hydroxyl groups excluding tert-OH is 1. The summed E-state index contributed by atoms with van der Waals surface area (Å²) in [6.07, 6.45) is 1.18. The van der Waals surface area contributed by atoms with Gasteiger partial charge < -0.3 is 20.5 Å². The van der Waals surface area contributed by atoms with Gasteiger partial charge in [0.05, 0.1) is 12.1 Å². The van der Waals surface area contributed by atoms with Crippen molar-refractivity contribution >= 4 is 17.3 Å². The van der Waals surface area contributed by atoms with Crippen molar-refractivity contribution in [3.05, 3.63) is 63.8 Å². The molecule has 0 unspecified atom stereocenters. The molecule has 4 rings (SSSR count). The molecule has 8 heteroatoms. The van der Waals surface area contributed by atoms with Crippen molar-refractivity contribution in [2.24, 2.45) is 0 Å². The van der Waals surface area contributed by atoms with E-state index in [1.165, 1.54) is 10.7 Å². The summed E-state index contributed by atoms with van der Waals surface area (Å²) in [5.41, 5.74) is 2.50. The van der Waals surface area contributed by atoms with E-state index >= 15 is 0 Å². The molecule has 23 heavy (non-hydrogen) atoms. The molecule has 0 saturated carbocycles. The Morgan fingerprint density at radius 1 is 1.30 bits per heavy atom. The molecule has 2 heterocycles. The molecule has 8 nitrogen and oxygen atoms in total. The second-order valence-corrected chi connectivity index (χ2v) is 5.45. The molecule has 0 saturated heterocycles. The normalized spacial score (nSPS) is 19.7. The van der Waals surface area contributed by atoms with Crippen molar-refractivity contribution in [3.8, 4) is 0 Å². The van der Waals surface area contributed by atoms with Crippen LogP contribution in [0.1, 0.15) is 17.2 Å². The largest absolute Gasteiger partial charge is 0.390 e. The topological polar surface area (TPSA) is 106 Å². The van der Waals surface area contributed by atoms with Crippen LogP contribution in [0.4, 0.5) is 11.6 Å². The fraction of sp³-hybridized carbons (Fsp3) is 0.200. The highest BCUT2D eigenvalue weighted by Crippen LogP contribution is 2.33. The molecule has 1 aliphatic rings. The molecule has 0 spiro atoms. The molecule has 2 N–H and O–H groups in total. The molecule has 0 radical (unpaired) electrons. The van der Waals surface area contributed by atoms with Gasteiger partial charge in [0.1, 0.15) is 6.20 Å². The molecule has 1 aliphatic carbocycles. The lowest BCUT2D eigenvalue weighted by atomic mass is 10.1. The number of fused-ring (bicyclic) bond motifs is 2. The summed E-state index contributed by atoms with van der Waals surface area (Å²) in [6, 6.07) is 10.9. The van der Waals surface area contributed by atoms with Crippen molar-refractivity contribution < 1.29 is 10.0 Å². The number of nitrogens with one attached hydrogen (secondary N) is 1. The van der Waals surface area contributed by atoms with Gasteiger partial charge in [-0.05, 0) is 22.1 Å². The number of imidazole rings is 1. The summed E-state index contributed by atoms with van der Waals surface area (Å²) in [5.74, 6) is 0.246. The molecule has 0 amide bonds. The SMILES string of the molecule is O=[N+]([O-])c1cnc2ccc(N[C@H]3c4ccccc4C[C@H]3O)nn12. The average Bonchev–Trinajstić information content (AvgIpc) is 3.09. The molecule has 0 fully saturated rings. The van der Waals surface area contributed by atoms with E-state index in [2.05, 4.69) is 15.4 Å². The first-order valence-electron chi connectivity index (χ1n) is 7.15. The summed E-state index contributed by atoms with van der Waals surface area (Å²) >= 11 is 0. The number of benzene rings is 1. The lowest BCUT2D eigenvalue weighted by Gasteiger charge is -2.17. The van der Waals surface area contributed by atoms with E-state index < -0.39 is 11.0 Å². The van der Waals surface area contributed by atoms with Gasteiger partial charge in [-0.3, -0.25) is 0 Å². The molecular formula is C15H13N5O3. The van der Waals surface area contributed by atoms with Crippen molar-refractivity contribution in [3.63, 3.8) is 0 Å². The zero-order chi connectivity index (χ0) is 16.0. The first-order chi connectivity index (χ1) is 11.1. The summed E-state index contributed by atoms with van der Waals surface area (Å²) in [6.45, 7) is 0. The van der Waals surface area contributed by atoms with Gasteiger partial charge in [-0.1, -0.05) is 33.9 Å². The highest BCUT2D eigenvalue weighted by Gasteiger charge is 2.31. The minimum Gasteiger partial charge on any atom is -0.390 e. The molecular weight excluding hydrogens is 298 g/mol. The first-order valence-corrected chi connectivity index (χ1v) is 7.15. The van der Waals surface area contributed by atoms with Crippen LogP contribution in [0.3, 0.4) is 0 Å². The zero-order valence-electron chi connectivity index (χ0n) is 12.0. The number of nitro groups is 1. The third-order valence-electron chi connectivity index (χ3n) is 4.04. The third-order valence-corrected chi connectivity index (χ3v) is 4.04. The van der Waals surface area contributed by atoms with Crippen molar-refractivity contribution in [1.82, 2.24) is 14.6 Å². The maximum Gasteiger partial charge on any atom is 0.368 e. The Morgan fingerprint density at radius 3 is 2.96 bits per heavy atom. The van der Waals surface area contributed by atoms with E-state index in [1.54, 1.807) is 12.1 Å². The Balaban J connectivity index is 1.70. The predicted molar refractivity (Wildman–Crippen MR) is 82.2 cm³/mol. The quantitative estimate of drug-likeness (QED) is 0.563. The van der Waals surface area contributed by atoms with Crippen LogP contribution in [-0.2, 0) is 6.42 Å². The van der Waals surface area contributed by atoms with Gasteiger partial charge in [0.2, 0.25) is 5.65 Å². The Bertz CT molecular complexity index is 907. The second-order valence-electron chi connectivity index (χ2n) is 5.45. The second kappa shape index (κ2) is 5.03. The minimum atomic E-state index is -0.567. The van der Waals surface area contributed by atoms with Gasteiger partial charge in [0, 0.05) is 12.5 Å². The van der Waals surface area contributed by atoms with Gasteiger partial charge in [0.25, 0.3) is 0 Å². The Labute approximate surface area is 130 Å². The third kappa shape index (κ3) is 2.20. The van der Waals surface area contributed by atoms with E-state index in [0.717, 1.165) is 11.1 Å². The van der Waals surface area contributed by atoms with Crippen molar-refractivity contribution in [2.45, 2.75) is 18.6 Å². The molecule has 0 bridgehead atoms. The number of rotatable bonds is 3. The summed E-state index contributed by atoms with van der Waals surface area (Å²) in [7, 11) is 0. The number of hydrogen-bond acceptors (Lipinski definition) is 6. The molecule has 116 valence electrons. The van der Waals surface area contributed by atoms with E-state index in [4.69, 9.17) is 0 Å². The smallest absolute Gasteiger partial charge is 0.368 e. The Hall–Kier alpha value is -3.00. The van der Waals surface area contributed by atoms with Crippen LogP contribution < -0.4 is 5.32 Å². The van der Waals surface area contributed by atoms with Crippen LogP contribution in [-0.4, -0.2) is 30.7 Å². The highest BCUT2D eigenvalue weighted by molar-refractivity contribution is 5.50. The first kappa shape index (κ1) is 13.6. The molecule has 2 aromatic heterocycles. The lowest BCUT2D eigenvalue weighted by Crippen LogP contribution is -2.22. The maximum absolute atomic E-state index is 11.0. The fourth-order valence-electron chi connectivity index (χ4n) is 2.97. The van der Waals surface area contributed by atoms with Crippen LogP contribution in [0.2, 0.25) is 0 Å². The van der Waals surface area contributed by atoms with Crippen LogP contribution in [0, 0.1) is 10.1 Å².